The summed E-state index contributed by atoms with van der Waals surface area (Å²) in [5.74, 6) is -1.15. The number of hydrogen-bond donors (Lipinski definition) is 1. The summed E-state index contributed by atoms with van der Waals surface area (Å²) in [5, 5.41) is 16.8. The molecule has 10 nitrogen and oxygen atoms in total. The van der Waals surface area contributed by atoms with E-state index in [4.69, 9.17) is 11.6 Å². The molecule has 2 aliphatic heterocycles. The highest BCUT2D eigenvalue weighted by atomic mass is 35.5. The zero-order valence-corrected chi connectivity index (χ0v) is 22.9. The number of carbonyl (C=O) groups excluding carboxylic acids is 3. The van der Waals surface area contributed by atoms with Gasteiger partial charge in [-0.1, -0.05) is 23.7 Å². The van der Waals surface area contributed by atoms with Crippen molar-refractivity contribution < 1.29 is 27.9 Å². The third kappa shape index (κ3) is 5.32. The standard InChI is InChI=1S/C28H25ClF2N6O4/c1-15-9-22-20(13-35(15)26(39)17-5-8-21(29)18(10-17)11-32)24-27(40)36(23(25(38)33-2)14-37(24)34-22)12-16-3-6-19(7-4-16)41-28(30)31/h3-8,10,15,23,28H,9,12-14H2,1-2H3,(H,33,38)/t15-,23?/m1/s1. The molecule has 1 aromatic heterocycles. The smallest absolute Gasteiger partial charge is 0.387 e. The monoisotopic (exact) mass is 582 g/mol. The van der Waals surface area contributed by atoms with Gasteiger partial charge in [-0.25, -0.2) is 0 Å². The van der Waals surface area contributed by atoms with E-state index in [0.29, 0.717) is 28.8 Å². The number of carbonyl (C=O) groups is 3. The highest BCUT2D eigenvalue weighted by Gasteiger charge is 2.42. The maximum absolute atomic E-state index is 14.0. The van der Waals surface area contributed by atoms with Crippen molar-refractivity contribution in [3.05, 3.63) is 81.1 Å². The molecule has 0 saturated heterocycles. The van der Waals surface area contributed by atoms with Crippen LogP contribution in [0.4, 0.5) is 8.78 Å². The third-order valence-corrected chi connectivity index (χ3v) is 7.64. The number of likely N-dealkylation sites (N-methyl/N-ethyl adjacent to an activating group) is 1. The van der Waals surface area contributed by atoms with Crippen LogP contribution in [0.1, 0.15) is 50.2 Å². The number of rotatable bonds is 6. The van der Waals surface area contributed by atoms with Crippen LogP contribution in [0.3, 0.4) is 0 Å². The summed E-state index contributed by atoms with van der Waals surface area (Å²) in [6.45, 7) is -0.837. The van der Waals surface area contributed by atoms with Crippen LogP contribution in [-0.4, -0.2) is 63.0 Å². The van der Waals surface area contributed by atoms with Crippen LogP contribution in [-0.2, 0) is 30.8 Å². The lowest BCUT2D eigenvalue weighted by molar-refractivity contribution is -0.126. The van der Waals surface area contributed by atoms with Gasteiger partial charge in [0.1, 0.15) is 23.6 Å². The largest absolute Gasteiger partial charge is 0.435 e. The molecule has 212 valence electrons. The first kappa shape index (κ1) is 28.0. The molecule has 5 rings (SSSR count). The van der Waals surface area contributed by atoms with Gasteiger partial charge < -0.3 is 19.9 Å². The van der Waals surface area contributed by atoms with Crippen molar-refractivity contribution in [1.82, 2.24) is 24.9 Å². The molecule has 0 fully saturated rings. The summed E-state index contributed by atoms with van der Waals surface area (Å²) in [6.07, 6.45) is 0.392. The molecule has 2 aromatic carbocycles. The van der Waals surface area contributed by atoms with Gasteiger partial charge in [-0.05, 0) is 42.8 Å². The van der Waals surface area contributed by atoms with E-state index in [0.717, 1.165) is 0 Å². The van der Waals surface area contributed by atoms with E-state index in [1.165, 1.54) is 40.9 Å². The van der Waals surface area contributed by atoms with Gasteiger partial charge in [-0.15, -0.1) is 0 Å². The fraction of sp³-hybridized carbons (Fsp3) is 0.321. The highest BCUT2D eigenvalue weighted by molar-refractivity contribution is 6.31. The Morgan fingerprint density at radius 2 is 1.98 bits per heavy atom. The first-order valence-corrected chi connectivity index (χ1v) is 13.1. The highest BCUT2D eigenvalue weighted by Crippen LogP contribution is 2.32. The summed E-state index contributed by atoms with van der Waals surface area (Å²) in [5.41, 5.74) is 2.65. The first-order valence-electron chi connectivity index (χ1n) is 12.8. The Kier molecular flexibility index (Phi) is 7.64. The number of benzene rings is 2. The van der Waals surface area contributed by atoms with Crippen molar-refractivity contribution in [1.29, 1.82) is 5.26 Å². The second kappa shape index (κ2) is 11.2. The molecule has 2 atom stereocenters. The summed E-state index contributed by atoms with van der Waals surface area (Å²) in [7, 11) is 1.48. The molecule has 0 spiro atoms. The minimum absolute atomic E-state index is 0.0230. The average molecular weight is 583 g/mol. The number of nitriles is 1. The minimum Gasteiger partial charge on any atom is -0.435 e. The van der Waals surface area contributed by atoms with Crippen LogP contribution in [0, 0.1) is 11.3 Å². The van der Waals surface area contributed by atoms with Crippen LogP contribution < -0.4 is 10.1 Å². The normalized spacial score (nSPS) is 18.0. The molecular weight excluding hydrogens is 558 g/mol. The molecular formula is C28H25ClF2N6O4. The second-order valence-electron chi connectivity index (χ2n) is 9.83. The summed E-state index contributed by atoms with van der Waals surface area (Å²) in [4.78, 5) is 43.3. The van der Waals surface area contributed by atoms with Crippen molar-refractivity contribution in [3.8, 4) is 11.8 Å². The van der Waals surface area contributed by atoms with Crippen molar-refractivity contribution in [3.63, 3.8) is 0 Å². The quantitative estimate of drug-likeness (QED) is 0.476. The summed E-state index contributed by atoms with van der Waals surface area (Å²) < 4.78 is 31.0. The van der Waals surface area contributed by atoms with Gasteiger partial charge >= 0.3 is 6.61 Å². The Hall–Kier alpha value is -4.50. The lowest BCUT2D eigenvalue weighted by atomic mass is 9.96. The van der Waals surface area contributed by atoms with E-state index >= 15 is 0 Å². The van der Waals surface area contributed by atoms with Gasteiger partial charge in [0.25, 0.3) is 11.8 Å². The van der Waals surface area contributed by atoms with E-state index in [1.807, 2.05) is 13.0 Å². The summed E-state index contributed by atoms with van der Waals surface area (Å²) in [6, 6.07) is 11.2. The topological polar surface area (TPSA) is 121 Å². The lowest BCUT2D eigenvalue weighted by Crippen LogP contribution is -2.54. The molecule has 0 aliphatic carbocycles. The van der Waals surface area contributed by atoms with Gasteiger partial charge in [0.2, 0.25) is 5.91 Å². The fourth-order valence-electron chi connectivity index (χ4n) is 5.23. The Labute approximate surface area is 239 Å². The molecule has 0 radical (unpaired) electrons. The Morgan fingerprint density at radius 1 is 1.24 bits per heavy atom. The van der Waals surface area contributed by atoms with Crippen LogP contribution >= 0.6 is 11.6 Å². The number of fused-ring (bicyclic) bond motifs is 3. The number of alkyl halides is 2. The van der Waals surface area contributed by atoms with Crippen LogP contribution in [0.2, 0.25) is 5.02 Å². The molecule has 1 N–H and O–H groups in total. The number of nitrogens with zero attached hydrogens (tertiary/aromatic N) is 5. The van der Waals surface area contributed by atoms with Gasteiger partial charge in [-0.3, -0.25) is 19.1 Å². The average Bonchev–Trinajstić information content (AvgIpc) is 3.31. The lowest BCUT2D eigenvalue weighted by Gasteiger charge is -2.36. The number of nitrogens with one attached hydrogen (secondary N) is 1. The van der Waals surface area contributed by atoms with Crippen molar-refractivity contribution in [2.24, 2.45) is 0 Å². The van der Waals surface area contributed by atoms with Crippen LogP contribution in [0.5, 0.6) is 5.75 Å². The van der Waals surface area contributed by atoms with Crippen molar-refractivity contribution >= 4 is 29.3 Å². The molecule has 3 heterocycles. The van der Waals surface area contributed by atoms with Gasteiger partial charge in [0.05, 0.1) is 29.4 Å². The number of halogens is 3. The fourth-order valence-corrected chi connectivity index (χ4v) is 5.39. The Morgan fingerprint density at radius 3 is 2.63 bits per heavy atom. The van der Waals surface area contributed by atoms with Crippen LogP contribution in [0.15, 0.2) is 42.5 Å². The number of aromatic nitrogens is 2. The molecule has 0 saturated carbocycles. The zero-order valence-electron chi connectivity index (χ0n) is 22.1. The predicted octanol–water partition coefficient (Wildman–Crippen LogP) is 3.37. The summed E-state index contributed by atoms with van der Waals surface area (Å²) >= 11 is 6.04. The van der Waals surface area contributed by atoms with E-state index in [-0.39, 0.29) is 59.5 Å². The van der Waals surface area contributed by atoms with E-state index < -0.39 is 18.6 Å². The molecule has 0 bridgehead atoms. The molecule has 1 unspecified atom stereocenters. The predicted molar refractivity (Wildman–Crippen MR) is 142 cm³/mol. The van der Waals surface area contributed by atoms with Crippen LogP contribution in [0.25, 0.3) is 0 Å². The maximum atomic E-state index is 14.0. The minimum atomic E-state index is -2.96. The molecule has 3 aromatic rings. The van der Waals surface area contributed by atoms with Gasteiger partial charge in [-0.2, -0.15) is 19.1 Å². The number of hydrogen-bond acceptors (Lipinski definition) is 6. The van der Waals surface area contributed by atoms with Crippen molar-refractivity contribution in [2.45, 2.75) is 51.7 Å². The van der Waals surface area contributed by atoms with E-state index in [9.17, 15) is 28.4 Å². The molecule has 13 heteroatoms. The zero-order chi connectivity index (χ0) is 29.4. The third-order valence-electron chi connectivity index (χ3n) is 7.31. The Balaban J connectivity index is 1.46. The van der Waals surface area contributed by atoms with E-state index in [2.05, 4.69) is 15.2 Å². The van der Waals surface area contributed by atoms with Gasteiger partial charge in [0.15, 0.2) is 0 Å². The second-order valence-corrected chi connectivity index (χ2v) is 10.2. The van der Waals surface area contributed by atoms with E-state index in [1.54, 1.807) is 23.1 Å². The van der Waals surface area contributed by atoms with Gasteiger partial charge in [0, 0.05) is 37.2 Å². The number of ether oxygens (including phenoxy) is 1. The molecule has 3 amide bonds. The Bertz CT molecular complexity index is 1570. The number of amides is 3. The molecule has 41 heavy (non-hydrogen) atoms. The van der Waals surface area contributed by atoms with Crippen molar-refractivity contribution in [2.75, 3.05) is 7.05 Å². The first-order chi connectivity index (χ1) is 19.6. The molecule has 2 aliphatic rings. The SMILES string of the molecule is CNC(=O)C1Cn2nc3c(c2C(=O)N1Cc1ccc(OC(F)F)cc1)CN(C(=O)c1ccc(Cl)c(C#N)c1)[C@H](C)C3. The maximum Gasteiger partial charge on any atom is 0.387 e.